The van der Waals surface area contributed by atoms with Crippen molar-refractivity contribution in [3.05, 3.63) is 24.0 Å². The minimum absolute atomic E-state index is 0.000972. The van der Waals surface area contributed by atoms with Gasteiger partial charge in [0.15, 0.2) is 0 Å². The molecule has 4 heteroatoms. The summed E-state index contributed by atoms with van der Waals surface area (Å²) in [5.41, 5.74) is 6.40. The highest BCUT2D eigenvalue weighted by molar-refractivity contribution is 5.93. The number of nitrogens with one attached hydrogen (secondary N) is 1. The van der Waals surface area contributed by atoms with Crippen molar-refractivity contribution in [2.24, 2.45) is 5.73 Å². The topological polar surface area (TPSA) is 60.0 Å². The van der Waals surface area contributed by atoms with Crippen LogP contribution >= 0.6 is 0 Å². The van der Waals surface area contributed by atoms with E-state index in [4.69, 9.17) is 5.73 Å². The number of nitrogens with zero attached hydrogens (tertiary/aromatic N) is 1. The highest BCUT2D eigenvalue weighted by atomic mass is 16.2. The van der Waals surface area contributed by atoms with E-state index in [0.29, 0.717) is 6.54 Å². The molecule has 0 atom stereocenters. The summed E-state index contributed by atoms with van der Waals surface area (Å²) in [6.07, 6.45) is 6.25. The van der Waals surface area contributed by atoms with Gasteiger partial charge in [-0.05, 0) is 38.8 Å². The van der Waals surface area contributed by atoms with Crippen LogP contribution in [-0.4, -0.2) is 22.6 Å². The highest BCUT2D eigenvalue weighted by Crippen LogP contribution is 2.29. The van der Waals surface area contributed by atoms with Gasteiger partial charge in [0.1, 0.15) is 5.69 Å². The summed E-state index contributed by atoms with van der Waals surface area (Å²) >= 11 is 0. The van der Waals surface area contributed by atoms with Gasteiger partial charge in [0.05, 0.1) is 5.54 Å². The molecule has 18 heavy (non-hydrogen) atoms. The Labute approximate surface area is 109 Å². The molecule has 1 amide bonds. The van der Waals surface area contributed by atoms with Crippen LogP contribution in [0.4, 0.5) is 0 Å². The van der Waals surface area contributed by atoms with E-state index in [1.54, 1.807) is 0 Å². The van der Waals surface area contributed by atoms with E-state index in [1.807, 2.05) is 22.9 Å². The van der Waals surface area contributed by atoms with Gasteiger partial charge >= 0.3 is 0 Å². The van der Waals surface area contributed by atoms with Gasteiger partial charge < -0.3 is 15.6 Å². The Hall–Kier alpha value is -1.29. The molecule has 4 nitrogen and oxygen atoms in total. The lowest BCUT2D eigenvalue weighted by atomic mass is 9.97. The molecular formula is C14H23N3O. The van der Waals surface area contributed by atoms with E-state index in [0.717, 1.165) is 31.4 Å². The summed E-state index contributed by atoms with van der Waals surface area (Å²) in [5, 5.41) is 3.15. The molecule has 0 radical (unpaired) electrons. The molecule has 0 bridgehead atoms. The van der Waals surface area contributed by atoms with Crippen molar-refractivity contribution in [1.82, 2.24) is 9.88 Å². The van der Waals surface area contributed by atoms with Crippen LogP contribution < -0.4 is 11.1 Å². The molecule has 100 valence electrons. The molecule has 1 heterocycles. The molecule has 1 fully saturated rings. The summed E-state index contributed by atoms with van der Waals surface area (Å²) < 4.78 is 1.99. The largest absolute Gasteiger partial charge is 0.344 e. The Balaban J connectivity index is 2.14. The van der Waals surface area contributed by atoms with E-state index < -0.39 is 0 Å². The van der Waals surface area contributed by atoms with Crippen LogP contribution in [0, 0.1) is 0 Å². The van der Waals surface area contributed by atoms with E-state index >= 15 is 0 Å². The Morgan fingerprint density at radius 1 is 1.50 bits per heavy atom. The van der Waals surface area contributed by atoms with Crippen molar-refractivity contribution >= 4 is 5.91 Å². The zero-order valence-corrected chi connectivity index (χ0v) is 11.3. The van der Waals surface area contributed by atoms with Gasteiger partial charge in [-0.1, -0.05) is 12.8 Å². The first kappa shape index (κ1) is 13.1. The fourth-order valence-corrected chi connectivity index (χ4v) is 2.77. The first-order valence-corrected chi connectivity index (χ1v) is 6.77. The molecule has 0 unspecified atom stereocenters. The number of carbonyl (C=O) groups is 1. The van der Waals surface area contributed by atoms with E-state index in [1.165, 1.54) is 0 Å². The quantitative estimate of drug-likeness (QED) is 0.858. The third kappa shape index (κ3) is 2.43. The zero-order chi connectivity index (χ0) is 13.2. The fraction of sp³-hybridized carbons (Fsp3) is 0.643. The molecule has 2 rings (SSSR count). The molecule has 0 aliphatic heterocycles. The van der Waals surface area contributed by atoms with Crippen molar-refractivity contribution in [3.8, 4) is 0 Å². The molecule has 0 saturated heterocycles. The van der Waals surface area contributed by atoms with E-state index in [2.05, 4.69) is 19.2 Å². The number of hydrogen-bond acceptors (Lipinski definition) is 2. The first-order chi connectivity index (χ1) is 8.58. The van der Waals surface area contributed by atoms with Crippen molar-refractivity contribution in [2.45, 2.75) is 51.1 Å². The monoisotopic (exact) mass is 249 g/mol. The number of nitrogens with two attached hydrogens (primary N) is 1. The minimum atomic E-state index is -0.177. The molecule has 1 aliphatic carbocycles. The normalized spacial score (nSPS) is 18.2. The molecular weight excluding hydrogens is 226 g/mol. The average Bonchev–Trinajstić information content (AvgIpc) is 2.97. The standard InChI is InChI=1S/C14H23N3O/c1-11(2)17-9-5-6-12(17)13(18)16-14(10-15)7-3-4-8-14/h5-6,9,11H,3-4,7-8,10,15H2,1-2H3,(H,16,18). The second-order valence-electron chi connectivity index (χ2n) is 5.54. The lowest BCUT2D eigenvalue weighted by Crippen LogP contribution is -2.52. The second-order valence-corrected chi connectivity index (χ2v) is 5.54. The van der Waals surface area contributed by atoms with Crippen LogP contribution in [0.3, 0.4) is 0 Å². The van der Waals surface area contributed by atoms with Gasteiger partial charge in [0, 0.05) is 18.8 Å². The van der Waals surface area contributed by atoms with Crippen LogP contribution in [0.25, 0.3) is 0 Å². The lowest BCUT2D eigenvalue weighted by molar-refractivity contribution is 0.0892. The van der Waals surface area contributed by atoms with Crippen molar-refractivity contribution in [3.63, 3.8) is 0 Å². The van der Waals surface area contributed by atoms with Gasteiger partial charge in [-0.15, -0.1) is 0 Å². The van der Waals surface area contributed by atoms with Gasteiger partial charge in [0.25, 0.3) is 5.91 Å². The molecule has 1 aliphatic rings. The molecule has 1 saturated carbocycles. The molecule has 1 aromatic heterocycles. The van der Waals surface area contributed by atoms with Gasteiger partial charge in [-0.25, -0.2) is 0 Å². The molecule has 3 N–H and O–H groups in total. The summed E-state index contributed by atoms with van der Waals surface area (Å²) in [5.74, 6) is 0.000972. The highest BCUT2D eigenvalue weighted by Gasteiger charge is 2.34. The first-order valence-electron chi connectivity index (χ1n) is 6.77. The maximum atomic E-state index is 12.4. The third-order valence-electron chi connectivity index (χ3n) is 3.90. The van der Waals surface area contributed by atoms with Gasteiger partial charge in [0.2, 0.25) is 0 Å². The number of rotatable bonds is 4. The Bertz CT molecular complexity index is 416. The van der Waals surface area contributed by atoms with Crippen LogP contribution in [0.15, 0.2) is 18.3 Å². The Morgan fingerprint density at radius 2 is 2.17 bits per heavy atom. The summed E-state index contributed by atoms with van der Waals surface area (Å²) in [6.45, 7) is 4.68. The summed E-state index contributed by atoms with van der Waals surface area (Å²) in [4.78, 5) is 12.4. The molecule has 1 aromatic rings. The van der Waals surface area contributed by atoms with Gasteiger partial charge in [-0.2, -0.15) is 0 Å². The smallest absolute Gasteiger partial charge is 0.268 e. The maximum Gasteiger partial charge on any atom is 0.268 e. The third-order valence-corrected chi connectivity index (χ3v) is 3.90. The van der Waals surface area contributed by atoms with Crippen molar-refractivity contribution < 1.29 is 4.79 Å². The lowest BCUT2D eigenvalue weighted by Gasteiger charge is -2.29. The van der Waals surface area contributed by atoms with Crippen LogP contribution in [0.1, 0.15) is 56.1 Å². The minimum Gasteiger partial charge on any atom is -0.344 e. The number of hydrogen-bond donors (Lipinski definition) is 2. The maximum absolute atomic E-state index is 12.4. The number of aromatic nitrogens is 1. The van der Waals surface area contributed by atoms with Crippen molar-refractivity contribution in [1.29, 1.82) is 0 Å². The zero-order valence-electron chi connectivity index (χ0n) is 11.3. The van der Waals surface area contributed by atoms with E-state index in [9.17, 15) is 4.79 Å². The predicted molar refractivity (Wildman–Crippen MR) is 72.5 cm³/mol. The molecule has 0 spiro atoms. The fourth-order valence-electron chi connectivity index (χ4n) is 2.77. The van der Waals surface area contributed by atoms with Crippen LogP contribution in [0.5, 0.6) is 0 Å². The predicted octanol–water partition coefficient (Wildman–Crippen LogP) is 2.07. The molecule has 0 aromatic carbocycles. The average molecular weight is 249 g/mol. The summed E-state index contributed by atoms with van der Waals surface area (Å²) in [7, 11) is 0. The Morgan fingerprint density at radius 3 is 2.72 bits per heavy atom. The number of amides is 1. The van der Waals surface area contributed by atoms with Crippen LogP contribution in [0.2, 0.25) is 0 Å². The van der Waals surface area contributed by atoms with E-state index in [-0.39, 0.29) is 17.5 Å². The summed E-state index contributed by atoms with van der Waals surface area (Å²) in [6, 6.07) is 4.07. The SMILES string of the molecule is CC(C)n1cccc1C(=O)NC1(CN)CCCC1. The van der Waals surface area contributed by atoms with Crippen molar-refractivity contribution in [2.75, 3.05) is 6.54 Å². The van der Waals surface area contributed by atoms with Crippen LogP contribution in [-0.2, 0) is 0 Å². The second kappa shape index (κ2) is 5.14. The Kier molecular flexibility index (Phi) is 3.76. The van der Waals surface area contributed by atoms with Gasteiger partial charge in [-0.3, -0.25) is 4.79 Å². The number of carbonyl (C=O) groups excluding carboxylic acids is 1.